The molecule has 3 heteroatoms. The summed E-state index contributed by atoms with van der Waals surface area (Å²) in [6.45, 7) is 0. The number of hydrogen-bond donors (Lipinski definition) is 0. The van der Waals surface area contributed by atoms with Crippen molar-refractivity contribution in [2.45, 2.75) is 12.8 Å². The van der Waals surface area contributed by atoms with Gasteiger partial charge in [0.05, 0.1) is 0 Å². The van der Waals surface area contributed by atoms with Crippen LogP contribution in [0, 0.1) is 0 Å². The van der Waals surface area contributed by atoms with Gasteiger partial charge in [-0.3, -0.25) is 0 Å². The minimum Gasteiger partial charge on any atom is -0.435 e. The minimum absolute atomic E-state index is 0.651. The number of rotatable bonds is 6. The van der Waals surface area contributed by atoms with Crippen molar-refractivity contribution in [1.29, 1.82) is 0 Å². The Kier molecular flexibility index (Phi) is 6.94. The Bertz CT molecular complexity index is 2420. The molecule has 48 heavy (non-hydrogen) atoms. The van der Waals surface area contributed by atoms with Crippen LogP contribution in [-0.2, 0) is 6.42 Å². The summed E-state index contributed by atoms with van der Waals surface area (Å²) in [5.41, 5.74) is 13.1. The summed E-state index contributed by atoms with van der Waals surface area (Å²) in [5.74, 6) is 0.651. The van der Waals surface area contributed by atoms with E-state index >= 15 is 0 Å². The molecule has 1 aromatic heterocycles. The van der Waals surface area contributed by atoms with Gasteiger partial charge in [0, 0.05) is 33.8 Å². The number of fused-ring (bicyclic) bond motifs is 4. The number of benzene rings is 7. The van der Waals surface area contributed by atoms with E-state index in [-0.39, 0.29) is 0 Å². The van der Waals surface area contributed by atoms with Crippen LogP contribution in [0.5, 0.6) is 0 Å². The van der Waals surface area contributed by atoms with E-state index in [1.165, 1.54) is 33.0 Å². The molecule has 0 bridgehead atoms. The zero-order chi connectivity index (χ0) is 31.9. The molecule has 0 fully saturated rings. The average molecular weight is 617 g/mol. The van der Waals surface area contributed by atoms with Crippen LogP contribution in [0.4, 0.5) is 17.1 Å². The van der Waals surface area contributed by atoms with Crippen molar-refractivity contribution < 1.29 is 4.42 Å². The molecule has 0 spiro atoms. The fourth-order valence-corrected chi connectivity index (χ4v) is 6.99. The third-order valence-corrected chi connectivity index (χ3v) is 9.35. The molecular weight excluding hydrogens is 585 g/mol. The van der Waals surface area contributed by atoms with Gasteiger partial charge in [-0.1, -0.05) is 115 Å². The first-order valence-corrected chi connectivity index (χ1v) is 16.5. The van der Waals surface area contributed by atoms with E-state index in [4.69, 9.17) is 9.40 Å². The van der Waals surface area contributed by atoms with Gasteiger partial charge in [0.15, 0.2) is 5.58 Å². The highest BCUT2D eigenvalue weighted by molar-refractivity contribution is 5.99. The Hall–Kier alpha value is -6.19. The van der Waals surface area contributed by atoms with Crippen LogP contribution >= 0.6 is 0 Å². The van der Waals surface area contributed by atoms with Crippen LogP contribution in [0.3, 0.4) is 0 Å². The number of oxazole rings is 1. The molecule has 1 aliphatic rings. The number of allylic oxidation sites excluding steroid dienone is 1. The lowest BCUT2D eigenvalue weighted by atomic mass is 9.91. The van der Waals surface area contributed by atoms with Crippen LogP contribution in [0.2, 0.25) is 0 Å². The van der Waals surface area contributed by atoms with E-state index in [1.54, 1.807) is 0 Å². The maximum absolute atomic E-state index is 6.54. The van der Waals surface area contributed by atoms with Crippen LogP contribution in [0.25, 0.3) is 61.7 Å². The third kappa shape index (κ3) is 4.97. The number of aryl methyl sites for hydroxylation is 1. The Morgan fingerprint density at radius 1 is 0.542 bits per heavy atom. The van der Waals surface area contributed by atoms with Crippen LogP contribution in [0.15, 0.2) is 168 Å². The molecule has 228 valence electrons. The summed E-state index contributed by atoms with van der Waals surface area (Å²) in [6, 6.07) is 55.8. The molecule has 0 radical (unpaired) electrons. The molecule has 7 aromatic carbocycles. The maximum Gasteiger partial charge on any atom is 0.227 e. The van der Waals surface area contributed by atoms with Crippen molar-refractivity contribution in [3.05, 3.63) is 175 Å². The van der Waals surface area contributed by atoms with E-state index in [9.17, 15) is 0 Å². The Morgan fingerprint density at radius 3 is 1.92 bits per heavy atom. The number of aromatic nitrogens is 1. The fraction of sp³-hybridized carbons (Fsp3) is 0.0444. The second-order valence-electron chi connectivity index (χ2n) is 12.3. The molecule has 0 unspecified atom stereocenters. The molecular formula is C45H32N2O. The molecule has 9 rings (SSSR count). The quantitative estimate of drug-likeness (QED) is 0.186. The number of nitrogens with zero attached hydrogens (tertiary/aromatic N) is 2. The smallest absolute Gasteiger partial charge is 0.227 e. The first-order valence-electron chi connectivity index (χ1n) is 16.5. The van der Waals surface area contributed by atoms with E-state index in [0.29, 0.717) is 5.89 Å². The fourth-order valence-electron chi connectivity index (χ4n) is 6.99. The predicted molar refractivity (Wildman–Crippen MR) is 200 cm³/mol. The molecule has 0 saturated heterocycles. The SMILES string of the molecule is C1=Cc2c(cc(-c3ccc(N(c4ccccc4)c4ccc(-c5cccc6ccccc56)cc4)cc3)c3oc(-c4ccccc4)nc23)CC1. The van der Waals surface area contributed by atoms with Gasteiger partial charge in [-0.05, 0) is 100 Å². The molecule has 0 atom stereocenters. The summed E-state index contributed by atoms with van der Waals surface area (Å²) in [5, 5.41) is 2.51. The van der Waals surface area contributed by atoms with Gasteiger partial charge in [-0.25, -0.2) is 4.98 Å². The molecule has 3 nitrogen and oxygen atoms in total. The highest BCUT2D eigenvalue weighted by atomic mass is 16.3. The molecule has 1 heterocycles. The van der Waals surface area contributed by atoms with Crippen molar-refractivity contribution in [1.82, 2.24) is 4.98 Å². The van der Waals surface area contributed by atoms with Gasteiger partial charge in [0.25, 0.3) is 0 Å². The van der Waals surface area contributed by atoms with Gasteiger partial charge in [0.2, 0.25) is 5.89 Å². The lowest BCUT2D eigenvalue weighted by molar-refractivity contribution is 0.620. The molecule has 0 amide bonds. The summed E-state index contributed by atoms with van der Waals surface area (Å²) in [7, 11) is 0. The normalized spacial score (nSPS) is 12.3. The first kappa shape index (κ1) is 28.1. The average Bonchev–Trinajstić information content (AvgIpc) is 3.62. The van der Waals surface area contributed by atoms with E-state index < -0.39 is 0 Å². The number of para-hydroxylation sites is 1. The largest absolute Gasteiger partial charge is 0.435 e. The number of anilines is 3. The van der Waals surface area contributed by atoms with Crippen molar-refractivity contribution in [3.8, 4) is 33.7 Å². The summed E-state index contributed by atoms with van der Waals surface area (Å²) in [4.78, 5) is 7.34. The van der Waals surface area contributed by atoms with Gasteiger partial charge in [-0.2, -0.15) is 0 Å². The van der Waals surface area contributed by atoms with Gasteiger partial charge in [0.1, 0.15) is 5.52 Å². The third-order valence-electron chi connectivity index (χ3n) is 9.35. The zero-order valence-corrected chi connectivity index (χ0v) is 26.4. The second kappa shape index (κ2) is 11.9. The Morgan fingerprint density at radius 2 is 1.17 bits per heavy atom. The summed E-state index contributed by atoms with van der Waals surface area (Å²) in [6.07, 6.45) is 6.47. The van der Waals surface area contributed by atoms with Gasteiger partial charge < -0.3 is 9.32 Å². The van der Waals surface area contributed by atoms with Crippen LogP contribution in [0.1, 0.15) is 17.5 Å². The summed E-state index contributed by atoms with van der Waals surface area (Å²) < 4.78 is 6.54. The Balaban J connectivity index is 1.12. The molecule has 0 N–H and O–H groups in total. The molecule has 0 saturated carbocycles. The number of hydrogen-bond acceptors (Lipinski definition) is 3. The highest BCUT2D eigenvalue weighted by Crippen LogP contribution is 2.41. The van der Waals surface area contributed by atoms with E-state index in [1.807, 2.05) is 30.3 Å². The van der Waals surface area contributed by atoms with Gasteiger partial charge in [-0.15, -0.1) is 0 Å². The van der Waals surface area contributed by atoms with Crippen molar-refractivity contribution >= 4 is 45.0 Å². The first-order chi connectivity index (χ1) is 23.8. The molecule has 1 aliphatic carbocycles. The van der Waals surface area contributed by atoms with Crippen molar-refractivity contribution in [2.24, 2.45) is 0 Å². The zero-order valence-electron chi connectivity index (χ0n) is 26.4. The monoisotopic (exact) mass is 616 g/mol. The standard InChI is InChI=1S/C45H32N2O/c1-3-13-34(14-4-1)45-46-43-41-20-10-8-15-35(41)30-42(44(43)48-45)33-24-28-38(29-25-33)47(36-17-5-2-6-18-36)37-26-22-32(23-27-37)40-21-11-16-31-12-7-9-19-39(31)40/h1-7,9-14,16-30H,8,15H2. The second-order valence-corrected chi connectivity index (χ2v) is 12.3. The molecule has 0 aliphatic heterocycles. The maximum atomic E-state index is 6.54. The van der Waals surface area contributed by atoms with E-state index in [2.05, 4.69) is 144 Å². The predicted octanol–water partition coefficient (Wildman–Crippen LogP) is 12.4. The van der Waals surface area contributed by atoms with Crippen molar-refractivity contribution in [2.75, 3.05) is 4.90 Å². The molecule has 8 aromatic rings. The highest BCUT2D eigenvalue weighted by Gasteiger charge is 2.21. The van der Waals surface area contributed by atoms with Gasteiger partial charge >= 0.3 is 0 Å². The van der Waals surface area contributed by atoms with Crippen molar-refractivity contribution in [3.63, 3.8) is 0 Å². The lowest BCUT2D eigenvalue weighted by Crippen LogP contribution is -2.09. The summed E-state index contributed by atoms with van der Waals surface area (Å²) >= 11 is 0. The lowest BCUT2D eigenvalue weighted by Gasteiger charge is -2.26. The Labute approximate surface area is 280 Å². The van der Waals surface area contributed by atoms with E-state index in [0.717, 1.165) is 57.7 Å². The minimum atomic E-state index is 0.651. The topological polar surface area (TPSA) is 29.3 Å². The van der Waals surface area contributed by atoms with Crippen LogP contribution in [-0.4, -0.2) is 4.98 Å². The van der Waals surface area contributed by atoms with Crippen LogP contribution < -0.4 is 4.90 Å².